The topological polar surface area (TPSA) is 84.2 Å². The first-order chi connectivity index (χ1) is 15.1. The van der Waals surface area contributed by atoms with Gasteiger partial charge < -0.3 is 14.6 Å². The molecule has 1 aliphatic heterocycles. The molecule has 31 heavy (non-hydrogen) atoms. The molecule has 0 radical (unpaired) electrons. The Labute approximate surface area is 177 Å². The summed E-state index contributed by atoms with van der Waals surface area (Å²) >= 11 is 0. The summed E-state index contributed by atoms with van der Waals surface area (Å²) in [5, 5.41) is 8.69. The fraction of sp³-hybridized carbons (Fsp3) is 0.261. The SMILES string of the molecule is COc1ccc(C2c3[nH]c4ccccc4c3CCN2C(=O)Cc2nonc2C)c(F)c1. The van der Waals surface area contributed by atoms with Crippen LogP contribution in [0.5, 0.6) is 5.75 Å². The van der Waals surface area contributed by atoms with Crippen LogP contribution in [-0.4, -0.2) is 39.8 Å². The number of nitrogens with one attached hydrogen (secondary N) is 1. The number of hydrogen-bond donors (Lipinski definition) is 1. The van der Waals surface area contributed by atoms with E-state index < -0.39 is 11.9 Å². The molecule has 1 N–H and O–H groups in total. The number of carbonyl (C=O) groups excluding carboxylic acids is 1. The predicted molar refractivity (Wildman–Crippen MR) is 111 cm³/mol. The predicted octanol–water partition coefficient (Wildman–Crippen LogP) is 3.72. The smallest absolute Gasteiger partial charge is 0.229 e. The first-order valence-corrected chi connectivity index (χ1v) is 10.1. The minimum Gasteiger partial charge on any atom is -0.497 e. The molecule has 0 saturated carbocycles. The second-order valence-electron chi connectivity index (χ2n) is 7.66. The van der Waals surface area contributed by atoms with Gasteiger partial charge >= 0.3 is 0 Å². The van der Waals surface area contributed by atoms with Crippen LogP contribution in [0.3, 0.4) is 0 Å². The minimum absolute atomic E-state index is 0.0408. The van der Waals surface area contributed by atoms with E-state index in [9.17, 15) is 4.79 Å². The number of amides is 1. The van der Waals surface area contributed by atoms with Crippen molar-refractivity contribution in [3.63, 3.8) is 0 Å². The largest absolute Gasteiger partial charge is 0.497 e. The molecular formula is C23H21FN4O3. The maximum Gasteiger partial charge on any atom is 0.229 e. The van der Waals surface area contributed by atoms with Crippen molar-refractivity contribution in [2.45, 2.75) is 25.8 Å². The van der Waals surface area contributed by atoms with Crippen molar-refractivity contribution in [3.8, 4) is 5.75 Å². The summed E-state index contributed by atoms with van der Waals surface area (Å²) in [6.07, 6.45) is 0.717. The van der Waals surface area contributed by atoms with Gasteiger partial charge in [-0.15, -0.1) is 0 Å². The van der Waals surface area contributed by atoms with Crippen molar-refractivity contribution in [3.05, 3.63) is 76.5 Å². The fourth-order valence-corrected chi connectivity index (χ4v) is 4.34. The number of para-hydroxylation sites is 1. The van der Waals surface area contributed by atoms with E-state index in [0.717, 1.165) is 22.2 Å². The van der Waals surface area contributed by atoms with E-state index in [1.165, 1.54) is 13.2 Å². The number of ether oxygens (including phenoxy) is 1. The minimum atomic E-state index is -0.588. The third-order valence-corrected chi connectivity index (χ3v) is 5.92. The average Bonchev–Trinajstić information content (AvgIpc) is 3.36. The normalized spacial score (nSPS) is 15.8. The third-order valence-electron chi connectivity index (χ3n) is 5.92. The van der Waals surface area contributed by atoms with Gasteiger partial charge in [0.15, 0.2) is 0 Å². The average molecular weight is 420 g/mol. The molecule has 1 atom stereocenters. The Balaban J connectivity index is 1.62. The number of halogens is 1. The highest BCUT2D eigenvalue weighted by molar-refractivity contribution is 5.87. The molecule has 5 rings (SSSR count). The van der Waals surface area contributed by atoms with Gasteiger partial charge in [0, 0.05) is 34.8 Å². The Morgan fingerprint density at radius 3 is 2.87 bits per heavy atom. The summed E-state index contributed by atoms with van der Waals surface area (Å²) in [7, 11) is 1.50. The molecule has 3 heterocycles. The van der Waals surface area contributed by atoms with Crippen molar-refractivity contribution >= 4 is 16.8 Å². The monoisotopic (exact) mass is 420 g/mol. The number of aromatic nitrogens is 3. The molecule has 0 fully saturated rings. The molecular weight excluding hydrogens is 399 g/mol. The summed E-state index contributed by atoms with van der Waals surface area (Å²) in [6.45, 7) is 2.21. The molecule has 1 unspecified atom stereocenters. The molecule has 0 bridgehead atoms. The molecule has 0 saturated heterocycles. The van der Waals surface area contributed by atoms with E-state index >= 15 is 4.39 Å². The Hall–Kier alpha value is -3.68. The van der Waals surface area contributed by atoms with Crippen LogP contribution in [0.1, 0.15) is 34.3 Å². The fourth-order valence-electron chi connectivity index (χ4n) is 4.34. The zero-order chi connectivity index (χ0) is 21.5. The highest BCUT2D eigenvalue weighted by Gasteiger charge is 2.36. The van der Waals surface area contributed by atoms with E-state index in [4.69, 9.17) is 9.37 Å². The number of carbonyl (C=O) groups is 1. The second-order valence-corrected chi connectivity index (χ2v) is 7.66. The molecule has 1 aliphatic rings. The third kappa shape index (κ3) is 3.24. The van der Waals surface area contributed by atoms with E-state index in [2.05, 4.69) is 15.3 Å². The standard InChI is InChI=1S/C23H21FN4O3/c1-13-20(27-31-26-13)12-21(29)28-10-9-16-15-5-3-4-6-19(15)25-22(16)23(28)17-8-7-14(30-2)11-18(17)24/h3-8,11,23,25H,9-10,12H2,1-2H3. The van der Waals surface area contributed by atoms with Crippen LogP contribution in [0.4, 0.5) is 4.39 Å². The molecule has 2 aromatic carbocycles. The first kappa shape index (κ1) is 19.3. The molecule has 8 heteroatoms. The maximum absolute atomic E-state index is 15.2. The number of aryl methyl sites for hydroxylation is 1. The van der Waals surface area contributed by atoms with Crippen LogP contribution in [0.2, 0.25) is 0 Å². The van der Waals surface area contributed by atoms with Crippen molar-refractivity contribution in [1.29, 1.82) is 0 Å². The second kappa shape index (κ2) is 7.54. The quantitative estimate of drug-likeness (QED) is 0.544. The van der Waals surface area contributed by atoms with Crippen LogP contribution in [0, 0.1) is 12.7 Å². The lowest BCUT2D eigenvalue weighted by Crippen LogP contribution is -2.41. The Bertz CT molecular complexity index is 1280. The van der Waals surface area contributed by atoms with Crippen LogP contribution in [0.15, 0.2) is 47.1 Å². The van der Waals surface area contributed by atoms with Crippen molar-refractivity contribution in [1.82, 2.24) is 20.2 Å². The van der Waals surface area contributed by atoms with Gasteiger partial charge in [-0.2, -0.15) is 0 Å². The van der Waals surface area contributed by atoms with Gasteiger partial charge in [-0.3, -0.25) is 4.79 Å². The van der Waals surface area contributed by atoms with Crippen LogP contribution < -0.4 is 4.74 Å². The van der Waals surface area contributed by atoms with E-state index in [1.54, 1.807) is 24.0 Å². The summed E-state index contributed by atoms with van der Waals surface area (Å²) in [5.74, 6) is -0.160. The van der Waals surface area contributed by atoms with Crippen LogP contribution in [-0.2, 0) is 17.6 Å². The number of aromatic amines is 1. The van der Waals surface area contributed by atoms with Gasteiger partial charge in [-0.05, 0) is 37.1 Å². The van der Waals surface area contributed by atoms with Gasteiger partial charge in [0.05, 0.1) is 13.5 Å². The van der Waals surface area contributed by atoms with Gasteiger partial charge in [0.1, 0.15) is 29.0 Å². The van der Waals surface area contributed by atoms with Crippen LogP contribution >= 0.6 is 0 Å². The lowest BCUT2D eigenvalue weighted by molar-refractivity contribution is -0.132. The first-order valence-electron chi connectivity index (χ1n) is 10.1. The summed E-state index contributed by atoms with van der Waals surface area (Å²) < 4.78 is 25.1. The van der Waals surface area contributed by atoms with Crippen molar-refractivity contribution in [2.24, 2.45) is 0 Å². The number of hydrogen-bond acceptors (Lipinski definition) is 5. The van der Waals surface area contributed by atoms with E-state index in [0.29, 0.717) is 35.7 Å². The van der Waals surface area contributed by atoms with Crippen molar-refractivity contribution in [2.75, 3.05) is 13.7 Å². The van der Waals surface area contributed by atoms with Gasteiger partial charge in [-0.25, -0.2) is 9.02 Å². The van der Waals surface area contributed by atoms with E-state index in [-0.39, 0.29) is 12.3 Å². The van der Waals surface area contributed by atoms with Gasteiger partial charge in [-0.1, -0.05) is 28.5 Å². The number of nitrogens with zero attached hydrogens (tertiary/aromatic N) is 3. The Morgan fingerprint density at radius 2 is 2.13 bits per heavy atom. The summed E-state index contributed by atoms with van der Waals surface area (Å²) in [5.41, 5.74) is 4.39. The molecule has 0 spiro atoms. The number of methoxy groups -OCH3 is 1. The number of rotatable bonds is 4. The molecule has 0 aliphatic carbocycles. The Kier molecular flexibility index (Phi) is 4.69. The number of fused-ring (bicyclic) bond motifs is 3. The van der Waals surface area contributed by atoms with Crippen molar-refractivity contribution < 1.29 is 18.6 Å². The zero-order valence-electron chi connectivity index (χ0n) is 17.2. The van der Waals surface area contributed by atoms with Crippen LogP contribution in [0.25, 0.3) is 10.9 Å². The lowest BCUT2D eigenvalue weighted by Gasteiger charge is -2.36. The molecule has 158 valence electrons. The highest BCUT2D eigenvalue weighted by Crippen LogP contribution is 2.40. The Morgan fingerprint density at radius 1 is 1.29 bits per heavy atom. The molecule has 1 amide bonds. The molecule has 4 aromatic rings. The summed E-state index contributed by atoms with van der Waals surface area (Å²) in [6, 6.07) is 12.1. The van der Waals surface area contributed by atoms with Gasteiger partial charge in [0.25, 0.3) is 0 Å². The zero-order valence-corrected chi connectivity index (χ0v) is 17.2. The molecule has 2 aromatic heterocycles. The number of H-pyrrole nitrogens is 1. The summed E-state index contributed by atoms with van der Waals surface area (Å²) in [4.78, 5) is 18.5. The maximum atomic E-state index is 15.2. The molecule has 7 nitrogen and oxygen atoms in total. The number of benzene rings is 2. The highest BCUT2D eigenvalue weighted by atomic mass is 19.1. The lowest BCUT2D eigenvalue weighted by atomic mass is 9.91. The van der Waals surface area contributed by atoms with E-state index in [1.807, 2.05) is 24.3 Å². The van der Waals surface area contributed by atoms with Gasteiger partial charge in [0.2, 0.25) is 5.91 Å².